The molecule has 0 spiro atoms. The van der Waals surface area contributed by atoms with Crippen LogP contribution in [0.25, 0.3) is 0 Å². The number of nitrogens with zero attached hydrogens (tertiary/aromatic N) is 2. The zero-order chi connectivity index (χ0) is 19.8. The molecule has 5 nitrogen and oxygen atoms in total. The second kappa shape index (κ2) is 7.17. The van der Waals surface area contributed by atoms with Crippen molar-refractivity contribution in [3.05, 3.63) is 89.5 Å². The van der Waals surface area contributed by atoms with E-state index in [1.54, 1.807) is 14.2 Å². The molecular formula is C24H22N2O3. The van der Waals surface area contributed by atoms with E-state index in [4.69, 9.17) is 19.3 Å². The third kappa shape index (κ3) is 2.99. The Labute approximate surface area is 170 Å². The van der Waals surface area contributed by atoms with E-state index in [2.05, 4.69) is 29.3 Å². The van der Waals surface area contributed by atoms with Crippen LogP contribution in [0.2, 0.25) is 0 Å². The minimum atomic E-state index is -0.256. The smallest absolute Gasteiger partial charge is 0.213 e. The minimum absolute atomic E-state index is 0.133. The first-order valence-corrected chi connectivity index (χ1v) is 9.67. The molecule has 2 aliphatic heterocycles. The van der Waals surface area contributed by atoms with E-state index in [0.29, 0.717) is 11.5 Å². The first-order valence-electron chi connectivity index (χ1n) is 9.67. The summed E-state index contributed by atoms with van der Waals surface area (Å²) in [6.45, 7) is 0. The number of hydrazone groups is 1. The van der Waals surface area contributed by atoms with Crippen molar-refractivity contribution < 1.29 is 14.2 Å². The van der Waals surface area contributed by atoms with Crippen LogP contribution in [0.15, 0.2) is 77.9 Å². The summed E-state index contributed by atoms with van der Waals surface area (Å²) in [5.41, 5.74) is 4.29. The molecule has 0 fully saturated rings. The zero-order valence-electron chi connectivity index (χ0n) is 16.4. The van der Waals surface area contributed by atoms with Gasteiger partial charge in [0.05, 0.1) is 26.0 Å². The molecule has 0 aromatic heterocycles. The molecule has 0 amide bonds. The molecule has 0 aliphatic carbocycles. The van der Waals surface area contributed by atoms with Gasteiger partial charge in [-0.1, -0.05) is 48.5 Å². The Hall–Kier alpha value is -3.47. The summed E-state index contributed by atoms with van der Waals surface area (Å²) in [6, 6.07) is 24.5. The Kier molecular flexibility index (Phi) is 4.35. The largest absolute Gasteiger partial charge is 0.493 e. The van der Waals surface area contributed by atoms with Crippen molar-refractivity contribution in [2.24, 2.45) is 5.10 Å². The normalized spacial score (nSPS) is 19.7. The Morgan fingerprint density at radius 1 is 0.897 bits per heavy atom. The lowest BCUT2D eigenvalue weighted by molar-refractivity contribution is -0.0190. The van der Waals surface area contributed by atoms with Crippen LogP contribution in [0.1, 0.15) is 35.4 Å². The van der Waals surface area contributed by atoms with Crippen LogP contribution in [-0.2, 0) is 0 Å². The van der Waals surface area contributed by atoms with Crippen LogP contribution in [-0.4, -0.2) is 24.9 Å². The van der Waals surface area contributed by atoms with Crippen molar-refractivity contribution in [3.63, 3.8) is 0 Å². The number of fused-ring (bicyclic) bond motifs is 3. The molecule has 146 valence electrons. The van der Waals surface area contributed by atoms with Gasteiger partial charge in [0.25, 0.3) is 0 Å². The molecule has 3 aromatic rings. The van der Waals surface area contributed by atoms with Crippen LogP contribution < -0.4 is 14.2 Å². The monoisotopic (exact) mass is 386 g/mol. The molecule has 0 bridgehead atoms. The second-order valence-corrected chi connectivity index (χ2v) is 7.14. The maximum atomic E-state index is 6.37. The summed E-state index contributed by atoms with van der Waals surface area (Å²) in [6.07, 6.45) is 0.549. The standard InChI is InChI=1S/C24H22N2O3/c1-27-22-13-12-17(14-23(22)28-2)19-15-20-18-10-6-7-11-21(18)29-24(26(20)25-19)16-8-4-3-5-9-16/h3-14,20,24H,15H2,1-2H3/t20-,24+/m1/s1. The van der Waals surface area contributed by atoms with E-state index >= 15 is 0 Å². The zero-order valence-corrected chi connectivity index (χ0v) is 16.4. The molecule has 2 heterocycles. The first kappa shape index (κ1) is 17.6. The average molecular weight is 386 g/mol. The number of hydrogen-bond acceptors (Lipinski definition) is 5. The highest BCUT2D eigenvalue weighted by Crippen LogP contribution is 2.47. The van der Waals surface area contributed by atoms with E-state index < -0.39 is 0 Å². The number of rotatable bonds is 4. The predicted molar refractivity (Wildman–Crippen MR) is 112 cm³/mol. The molecule has 5 rings (SSSR count). The molecule has 5 heteroatoms. The molecule has 0 saturated carbocycles. The molecule has 29 heavy (non-hydrogen) atoms. The van der Waals surface area contributed by atoms with Crippen molar-refractivity contribution in [3.8, 4) is 17.2 Å². The Morgan fingerprint density at radius 3 is 2.45 bits per heavy atom. The van der Waals surface area contributed by atoms with Gasteiger partial charge in [-0.15, -0.1) is 0 Å². The van der Waals surface area contributed by atoms with Gasteiger partial charge < -0.3 is 14.2 Å². The van der Waals surface area contributed by atoms with E-state index in [1.165, 1.54) is 5.56 Å². The quantitative estimate of drug-likeness (QED) is 0.637. The highest BCUT2D eigenvalue weighted by molar-refractivity contribution is 6.02. The summed E-state index contributed by atoms with van der Waals surface area (Å²) in [5.74, 6) is 2.34. The van der Waals surface area contributed by atoms with Gasteiger partial charge >= 0.3 is 0 Å². The fraction of sp³-hybridized carbons (Fsp3) is 0.208. The van der Waals surface area contributed by atoms with Gasteiger partial charge in [0.15, 0.2) is 11.5 Å². The molecule has 0 N–H and O–H groups in total. The number of para-hydroxylation sites is 1. The Morgan fingerprint density at radius 2 is 1.66 bits per heavy atom. The minimum Gasteiger partial charge on any atom is -0.493 e. The predicted octanol–water partition coefficient (Wildman–Crippen LogP) is 4.95. The summed E-state index contributed by atoms with van der Waals surface area (Å²) in [5, 5.41) is 7.08. The van der Waals surface area contributed by atoms with E-state index in [1.807, 2.05) is 48.5 Å². The van der Waals surface area contributed by atoms with E-state index in [9.17, 15) is 0 Å². The molecule has 3 aromatic carbocycles. The lowest BCUT2D eigenvalue weighted by atomic mass is 9.96. The van der Waals surface area contributed by atoms with Crippen molar-refractivity contribution in [1.29, 1.82) is 0 Å². The number of benzene rings is 3. The SMILES string of the molecule is COc1ccc(C2=NN3[C@H](C2)c2ccccc2O[C@H]3c2ccccc2)cc1OC. The van der Waals surface area contributed by atoms with Crippen LogP contribution in [0.5, 0.6) is 17.2 Å². The summed E-state index contributed by atoms with van der Waals surface area (Å²) < 4.78 is 17.2. The summed E-state index contributed by atoms with van der Waals surface area (Å²) >= 11 is 0. The summed E-state index contributed by atoms with van der Waals surface area (Å²) in [7, 11) is 3.29. The van der Waals surface area contributed by atoms with Crippen molar-refractivity contribution in [2.45, 2.75) is 18.7 Å². The molecule has 0 unspecified atom stereocenters. The molecular weight excluding hydrogens is 364 g/mol. The summed E-state index contributed by atoms with van der Waals surface area (Å²) in [4.78, 5) is 0. The first-order chi connectivity index (χ1) is 14.3. The maximum Gasteiger partial charge on any atom is 0.213 e. The van der Waals surface area contributed by atoms with Gasteiger partial charge in [0.2, 0.25) is 6.23 Å². The average Bonchev–Trinajstić information content (AvgIpc) is 3.24. The van der Waals surface area contributed by atoms with Gasteiger partial charge in [-0.05, 0) is 24.3 Å². The van der Waals surface area contributed by atoms with Crippen molar-refractivity contribution in [1.82, 2.24) is 5.01 Å². The lowest BCUT2D eigenvalue weighted by Gasteiger charge is -2.38. The van der Waals surface area contributed by atoms with Gasteiger partial charge in [-0.3, -0.25) is 0 Å². The number of methoxy groups -OCH3 is 2. The Bertz CT molecular complexity index is 1060. The van der Waals surface area contributed by atoms with Crippen LogP contribution in [0.4, 0.5) is 0 Å². The molecule has 2 aliphatic rings. The van der Waals surface area contributed by atoms with Crippen molar-refractivity contribution in [2.75, 3.05) is 14.2 Å². The number of hydrogen-bond donors (Lipinski definition) is 0. The van der Waals surface area contributed by atoms with Crippen LogP contribution >= 0.6 is 0 Å². The van der Waals surface area contributed by atoms with Crippen LogP contribution in [0, 0.1) is 0 Å². The lowest BCUT2D eigenvalue weighted by Crippen LogP contribution is -2.33. The fourth-order valence-electron chi connectivity index (χ4n) is 4.06. The number of ether oxygens (including phenoxy) is 3. The fourth-order valence-corrected chi connectivity index (χ4v) is 4.06. The van der Waals surface area contributed by atoms with Crippen LogP contribution in [0.3, 0.4) is 0 Å². The van der Waals surface area contributed by atoms with Gasteiger partial charge in [0.1, 0.15) is 5.75 Å². The third-order valence-electron chi connectivity index (χ3n) is 5.50. The molecule has 0 saturated heterocycles. The molecule has 2 atom stereocenters. The second-order valence-electron chi connectivity index (χ2n) is 7.14. The third-order valence-corrected chi connectivity index (χ3v) is 5.50. The van der Waals surface area contributed by atoms with Crippen molar-refractivity contribution >= 4 is 5.71 Å². The van der Waals surface area contributed by atoms with Gasteiger partial charge in [-0.2, -0.15) is 5.10 Å². The highest BCUT2D eigenvalue weighted by Gasteiger charge is 2.40. The van der Waals surface area contributed by atoms with Gasteiger partial charge in [0, 0.05) is 23.1 Å². The Balaban J connectivity index is 1.57. The highest BCUT2D eigenvalue weighted by atomic mass is 16.5. The van der Waals surface area contributed by atoms with E-state index in [0.717, 1.165) is 29.0 Å². The van der Waals surface area contributed by atoms with E-state index in [-0.39, 0.29) is 12.3 Å². The maximum absolute atomic E-state index is 6.37. The topological polar surface area (TPSA) is 43.3 Å². The van der Waals surface area contributed by atoms with Gasteiger partial charge in [-0.25, -0.2) is 5.01 Å². The molecule has 0 radical (unpaired) electrons.